The number of allylic oxidation sites excluding steroid dienone is 14. The van der Waals surface area contributed by atoms with Crippen molar-refractivity contribution in [3.05, 3.63) is 85.1 Å². The van der Waals surface area contributed by atoms with Crippen molar-refractivity contribution < 1.29 is 42.9 Å². The number of rotatable bonds is 68. The van der Waals surface area contributed by atoms with Crippen LogP contribution in [0, 0.1) is 0 Å². The summed E-state index contributed by atoms with van der Waals surface area (Å²) in [6, 6.07) is 0. The van der Waals surface area contributed by atoms with Crippen LogP contribution in [0.25, 0.3) is 0 Å². The molecule has 0 saturated heterocycles. The molecule has 0 aliphatic rings. The van der Waals surface area contributed by atoms with Crippen molar-refractivity contribution >= 4 is 17.9 Å². The van der Waals surface area contributed by atoms with Crippen LogP contribution in [-0.2, 0) is 33.3 Å². The van der Waals surface area contributed by atoms with Crippen molar-refractivity contribution in [2.24, 2.45) is 0 Å². The van der Waals surface area contributed by atoms with E-state index >= 15 is 0 Å². The summed E-state index contributed by atoms with van der Waals surface area (Å²) in [5.74, 6) is -2.02. The number of hydrogen-bond donors (Lipinski definition) is 1. The topological polar surface area (TPSA) is 108 Å². The van der Waals surface area contributed by atoms with E-state index in [1.165, 1.54) is 205 Å². The van der Waals surface area contributed by atoms with Gasteiger partial charge in [-0.3, -0.25) is 9.59 Å². The summed E-state index contributed by atoms with van der Waals surface area (Å²) >= 11 is 0. The first-order chi connectivity index (χ1) is 42.6. The van der Waals surface area contributed by atoms with Crippen LogP contribution in [0.4, 0.5) is 0 Å². The summed E-state index contributed by atoms with van der Waals surface area (Å²) in [6.07, 6.45) is 90.1. The molecule has 504 valence electrons. The van der Waals surface area contributed by atoms with Gasteiger partial charge in [-0.15, -0.1) is 0 Å². The number of carbonyl (C=O) groups excluding carboxylic acids is 2. The molecule has 2 atom stereocenters. The minimum atomic E-state index is -1.52. The summed E-state index contributed by atoms with van der Waals surface area (Å²) in [4.78, 5) is 37.6. The molecule has 87 heavy (non-hydrogen) atoms. The number of hydrogen-bond acceptors (Lipinski definition) is 7. The Morgan fingerprint density at radius 3 is 0.977 bits per heavy atom. The Morgan fingerprint density at radius 1 is 0.356 bits per heavy atom. The van der Waals surface area contributed by atoms with E-state index in [1.54, 1.807) is 0 Å². The van der Waals surface area contributed by atoms with Gasteiger partial charge in [0.25, 0.3) is 6.29 Å². The second-order valence-electron chi connectivity index (χ2n) is 25.9. The zero-order valence-corrected chi connectivity index (χ0v) is 57.7. The molecule has 0 bridgehead atoms. The predicted octanol–water partition coefficient (Wildman–Crippen LogP) is 23.0. The molecular formula is C78H140NO8+. The standard InChI is InChI=1S/C78H139NO8/c1-6-8-10-12-14-16-18-20-22-24-26-28-30-32-34-35-36-37-38-39-40-41-43-44-46-48-50-52-54-56-58-60-62-64-66-68-75(80)85-72-74(73-86-78(77(82)83)84-71-70-79(3,4)5)87-76(81)69-67-65-63-61-59-57-55-53-51-49-47-45-42-33-31-29-27-25-23-21-19-17-15-13-11-9-7-2/h9,11,15,17,21,23,27,29,33,42,47,49,53,55,74,78H,6-8,10,12-14,16,18-20,22,24-26,28,30-32,34-41,43-46,48,50-52,54,56-73H2,1-5H3/p+1/b11-9-,17-15-,23-21-,29-27-,42-33-,49-47-,55-53-. The van der Waals surface area contributed by atoms with Crippen molar-refractivity contribution in [2.75, 3.05) is 47.5 Å². The molecule has 9 nitrogen and oxygen atoms in total. The zero-order valence-electron chi connectivity index (χ0n) is 57.7. The van der Waals surface area contributed by atoms with Crippen LogP contribution in [0.3, 0.4) is 0 Å². The first-order valence-electron chi connectivity index (χ1n) is 36.8. The highest BCUT2D eigenvalue weighted by Gasteiger charge is 2.25. The Labute approximate surface area is 538 Å². The molecule has 0 aliphatic carbocycles. The third-order valence-corrected chi connectivity index (χ3v) is 16.2. The third-order valence-electron chi connectivity index (χ3n) is 16.2. The molecule has 0 heterocycles. The lowest BCUT2D eigenvalue weighted by molar-refractivity contribution is -0.870. The van der Waals surface area contributed by atoms with Crippen molar-refractivity contribution in [2.45, 2.75) is 347 Å². The Morgan fingerprint density at radius 2 is 0.655 bits per heavy atom. The van der Waals surface area contributed by atoms with Gasteiger partial charge >= 0.3 is 17.9 Å². The number of ether oxygens (including phenoxy) is 4. The molecule has 0 radical (unpaired) electrons. The molecule has 0 aliphatic heterocycles. The zero-order chi connectivity index (χ0) is 63.3. The second kappa shape index (κ2) is 68.4. The lowest BCUT2D eigenvalue weighted by atomic mass is 10.0. The molecule has 0 aromatic heterocycles. The van der Waals surface area contributed by atoms with E-state index in [0.29, 0.717) is 23.9 Å². The third kappa shape index (κ3) is 69.8. The number of carboxylic acid groups (broad SMARTS) is 1. The van der Waals surface area contributed by atoms with Crippen LogP contribution in [-0.4, -0.2) is 87.4 Å². The fraction of sp³-hybridized carbons (Fsp3) is 0.782. The Bertz CT molecular complexity index is 1700. The van der Waals surface area contributed by atoms with Gasteiger partial charge in [0.1, 0.15) is 13.2 Å². The van der Waals surface area contributed by atoms with Gasteiger partial charge in [-0.25, -0.2) is 4.79 Å². The molecule has 9 heteroatoms. The number of carbonyl (C=O) groups is 3. The maximum Gasteiger partial charge on any atom is 0.361 e. The van der Waals surface area contributed by atoms with Gasteiger partial charge in [-0.05, 0) is 70.6 Å². The van der Waals surface area contributed by atoms with Crippen LogP contribution < -0.4 is 0 Å². The van der Waals surface area contributed by atoms with E-state index in [9.17, 15) is 19.5 Å². The maximum absolute atomic E-state index is 12.9. The average Bonchev–Trinajstić information content (AvgIpc) is 3.56. The van der Waals surface area contributed by atoms with Crippen molar-refractivity contribution in [1.29, 1.82) is 0 Å². The summed E-state index contributed by atoms with van der Waals surface area (Å²) in [5.41, 5.74) is 0. The molecule has 0 aromatic rings. The van der Waals surface area contributed by atoms with Gasteiger partial charge in [-0.2, -0.15) is 0 Å². The van der Waals surface area contributed by atoms with Gasteiger partial charge in [0.15, 0.2) is 6.10 Å². The van der Waals surface area contributed by atoms with Gasteiger partial charge in [0.2, 0.25) is 0 Å². The Hall–Kier alpha value is -3.53. The maximum atomic E-state index is 12.9. The van der Waals surface area contributed by atoms with Crippen LogP contribution in [0.5, 0.6) is 0 Å². The Balaban J connectivity index is 4.08. The molecule has 1 N–H and O–H groups in total. The summed E-state index contributed by atoms with van der Waals surface area (Å²) in [6.45, 7) is 4.78. The molecular weight excluding hydrogens is 1080 g/mol. The molecule has 0 saturated carbocycles. The molecule has 0 amide bonds. The molecule has 0 rings (SSSR count). The van der Waals surface area contributed by atoms with Crippen LogP contribution >= 0.6 is 0 Å². The van der Waals surface area contributed by atoms with E-state index in [-0.39, 0.29) is 32.2 Å². The lowest BCUT2D eigenvalue weighted by Gasteiger charge is -2.25. The first kappa shape index (κ1) is 83.5. The number of quaternary nitrogens is 1. The molecule has 0 fully saturated rings. The minimum Gasteiger partial charge on any atom is -0.477 e. The first-order valence-corrected chi connectivity index (χ1v) is 36.8. The number of nitrogens with zero attached hydrogens (tertiary/aromatic N) is 1. The number of carboxylic acids is 1. The summed E-state index contributed by atoms with van der Waals surface area (Å²) < 4.78 is 23.0. The minimum absolute atomic E-state index is 0.181. The number of unbranched alkanes of at least 4 members (excludes halogenated alkanes) is 39. The SMILES string of the molecule is CC/C=C\C/C=C\C/C=C\C/C=C\C/C=C\C/C=C\C/C=C\CCCCCCCC(=O)OC(COC(=O)CCCCCCCCCCCCCCCCCCCCCCCCCCCCCCCCCCCCC)COC(OCC[N+](C)(C)C)C(=O)O. The van der Waals surface area contributed by atoms with E-state index in [2.05, 4.69) is 98.9 Å². The van der Waals surface area contributed by atoms with E-state index < -0.39 is 24.3 Å². The smallest absolute Gasteiger partial charge is 0.361 e. The van der Waals surface area contributed by atoms with E-state index in [1.807, 2.05) is 21.1 Å². The van der Waals surface area contributed by atoms with Crippen molar-refractivity contribution in [3.8, 4) is 0 Å². The van der Waals surface area contributed by atoms with Crippen LogP contribution in [0.2, 0.25) is 0 Å². The van der Waals surface area contributed by atoms with Gasteiger partial charge in [-0.1, -0.05) is 336 Å². The van der Waals surface area contributed by atoms with Crippen molar-refractivity contribution in [3.63, 3.8) is 0 Å². The Kier molecular flexibility index (Phi) is 65.6. The number of aliphatic carboxylic acids is 1. The highest BCUT2D eigenvalue weighted by atomic mass is 16.7. The molecule has 0 aromatic carbocycles. The highest BCUT2D eigenvalue weighted by molar-refractivity contribution is 5.71. The van der Waals surface area contributed by atoms with E-state index in [0.717, 1.165) is 96.3 Å². The lowest BCUT2D eigenvalue weighted by Crippen LogP contribution is -2.40. The fourth-order valence-electron chi connectivity index (χ4n) is 10.6. The normalized spacial score (nSPS) is 13.2. The highest BCUT2D eigenvalue weighted by Crippen LogP contribution is 2.19. The average molecular weight is 1220 g/mol. The largest absolute Gasteiger partial charge is 0.477 e. The summed E-state index contributed by atoms with van der Waals surface area (Å²) in [5, 5.41) is 9.75. The molecule has 0 spiro atoms. The quantitative estimate of drug-likeness (QED) is 0.0211. The van der Waals surface area contributed by atoms with E-state index in [4.69, 9.17) is 18.9 Å². The van der Waals surface area contributed by atoms with Crippen LogP contribution in [0.15, 0.2) is 85.1 Å². The van der Waals surface area contributed by atoms with Gasteiger partial charge in [0.05, 0.1) is 34.4 Å². The van der Waals surface area contributed by atoms with Crippen molar-refractivity contribution in [1.82, 2.24) is 0 Å². The monoisotopic (exact) mass is 1220 g/mol. The fourth-order valence-corrected chi connectivity index (χ4v) is 10.6. The van der Waals surface area contributed by atoms with Gasteiger partial charge in [0, 0.05) is 12.8 Å². The van der Waals surface area contributed by atoms with Gasteiger partial charge < -0.3 is 28.5 Å². The second-order valence-corrected chi connectivity index (χ2v) is 25.9. The predicted molar refractivity (Wildman–Crippen MR) is 373 cm³/mol. The number of likely N-dealkylation sites (N-methyl/N-ethyl adjacent to an activating group) is 1. The molecule has 2 unspecified atom stereocenters. The number of esters is 2. The summed E-state index contributed by atoms with van der Waals surface area (Å²) in [7, 11) is 5.97. The van der Waals surface area contributed by atoms with Crippen LogP contribution in [0.1, 0.15) is 335 Å².